The average molecular weight is 318 g/mol. The van der Waals surface area contributed by atoms with Crippen molar-refractivity contribution in [2.24, 2.45) is 17.6 Å². The Morgan fingerprint density at radius 2 is 1.74 bits per heavy atom. The van der Waals surface area contributed by atoms with Crippen LogP contribution in [0.2, 0.25) is 5.02 Å². The Hall–Kier alpha value is -0.520. The Morgan fingerprint density at radius 3 is 2.26 bits per heavy atom. The van der Waals surface area contributed by atoms with Crippen LogP contribution in [-0.2, 0) is 0 Å². The van der Waals surface area contributed by atoms with Crippen molar-refractivity contribution in [1.29, 1.82) is 0 Å². The van der Waals surface area contributed by atoms with Crippen molar-refractivity contribution in [1.82, 2.24) is 0 Å². The molecule has 0 spiro atoms. The number of benzene rings is 1. The molecule has 1 saturated carbocycles. The van der Waals surface area contributed by atoms with Crippen LogP contribution >= 0.6 is 24.0 Å². The molecule has 0 amide bonds. The monoisotopic (exact) mass is 317 g/mol. The Bertz CT molecular complexity index is 450. The highest BCUT2D eigenvalue weighted by molar-refractivity contribution is 6.30. The maximum atomic E-state index is 13.7. The van der Waals surface area contributed by atoms with Gasteiger partial charge < -0.3 is 5.73 Å². The summed E-state index contributed by atoms with van der Waals surface area (Å²) < 4.78 is 51.3. The number of halogens is 6. The molecule has 1 nitrogen and oxygen atoms in total. The molecule has 2 rings (SSSR count). The summed E-state index contributed by atoms with van der Waals surface area (Å²) in [6, 6.07) is 1.53. The second kappa shape index (κ2) is 6.29. The number of hydrogen-bond acceptors (Lipinski definition) is 1. The lowest BCUT2D eigenvalue weighted by molar-refractivity contribution is -0.00522. The second-order valence-corrected chi connectivity index (χ2v) is 4.99. The van der Waals surface area contributed by atoms with Gasteiger partial charge in [0.15, 0.2) is 0 Å². The molecule has 1 aliphatic rings. The van der Waals surface area contributed by atoms with E-state index in [9.17, 15) is 17.6 Å². The predicted octanol–water partition coefficient (Wildman–Crippen LogP) is 4.33. The van der Waals surface area contributed by atoms with Gasteiger partial charge in [-0.2, -0.15) is 0 Å². The topological polar surface area (TPSA) is 26.0 Å². The first-order valence-electron chi connectivity index (χ1n) is 5.59. The van der Waals surface area contributed by atoms with E-state index in [1.165, 1.54) is 6.07 Å². The van der Waals surface area contributed by atoms with E-state index in [0.29, 0.717) is 0 Å². The van der Waals surface area contributed by atoms with Gasteiger partial charge in [-0.3, -0.25) is 0 Å². The van der Waals surface area contributed by atoms with Gasteiger partial charge in [0.05, 0.1) is 0 Å². The van der Waals surface area contributed by atoms with Gasteiger partial charge in [0.2, 0.25) is 6.43 Å². The van der Waals surface area contributed by atoms with Crippen molar-refractivity contribution in [3.63, 3.8) is 0 Å². The fourth-order valence-corrected chi connectivity index (χ4v) is 2.43. The zero-order chi connectivity index (χ0) is 13.4. The van der Waals surface area contributed by atoms with Crippen LogP contribution in [0.3, 0.4) is 0 Å². The molecule has 1 aliphatic carbocycles. The van der Waals surface area contributed by atoms with Crippen LogP contribution in [0.1, 0.15) is 24.4 Å². The third kappa shape index (κ3) is 3.15. The van der Waals surface area contributed by atoms with Crippen LogP contribution in [0, 0.1) is 23.5 Å². The number of rotatable bonds is 3. The summed E-state index contributed by atoms with van der Waals surface area (Å²) >= 11 is 5.45. The molecule has 2 N–H and O–H groups in total. The molecule has 0 radical (unpaired) electrons. The lowest BCUT2D eigenvalue weighted by Gasteiger charge is -2.38. The predicted molar refractivity (Wildman–Crippen MR) is 67.8 cm³/mol. The van der Waals surface area contributed by atoms with Crippen LogP contribution < -0.4 is 5.73 Å². The van der Waals surface area contributed by atoms with Crippen LogP contribution in [0.25, 0.3) is 0 Å². The molecule has 19 heavy (non-hydrogen) atoms. The summed E-state index contributed by atoms with van der Waals surface area (Å²) in [6.45, 7) is 0. The molecule has 1 unspecified atom stereocenters. The second-order valence-electron chi connectivity index (χ2n) is 4.62. The molecular weight excluding hydrogens is 305 g/mol. The van der Waals surface area contributed by atoms with E-state index in [-0.39, 0.29) is 36.7 Å². The Morgan fingerprint density at radius 1 is 1.16 bits per heavy atom. The van der Waals surface area contributed by atoms with E-state index in [2.05, 4.69) is 0 Å². The smallest absolute Gasteiger partial charge is 0.241 e. The minimum atomic E-state index is -2.37. The molecule has 7 heteroatoms. The highest BCUT2D eigenvalue weighted by Gasteiger charge is 2.39. The molecule has 1 aromatic rings. The highest BCUT2D eigenvalue weighted by Crippen LogP contribution is 2.44. The normalized spacial score (nSPS) is 23.7. The van der Waals surface area contributed by atoms with Crippen molar-refractivity contribution >= 4 is 24.0 Å². The quantitative estimate of drug-likeness (QED) is 0.651. The number of nitrogens with two attached hydrogens (primary N) is 1. The molecular formula is C12H13Cl2F4N. The Labute approximate surface area is 119 Å². The molecule has 0 saturated heterocycles. The fraction of sp³-hybridized carbons (Fsp3) is 0.500. The van der Waals surface area contributed by atoms with E-state index < -0.39 is 35.0 Å². The molecule has 0 aliphatic heterocycles. The van der Waals surface area contributed by atoms with Crippen LogP contribution in [0.4, 0.5) is 17.6 Å². The minimum Gasteiger partial charge on any atom is -0.324 e. The van der Waals surface area contributed by atoms with E-state index in [4.69, 9.17) is 17.3 Å². The van der Waals surface area contributed by atoms with Gasteiger partial charge in [-0.1, -0.05) is 17.7 Å². The maximum absolute atomic E-state index is 13.7. The SMILES string of the molecule is Cl.NC(c1ccc(F)c(Cl)c1F)[C@H]1C[C@H](C(F)F)C1. The summed E-state index contributed by atoms with van der Waals surface area (Å²) in [5.74, 6) is -2.63. The molecule has 1 aromatic carbocycles. The van der Waals surface area contributed by atoms with Crippen molar-refractivity contribution in [3.8, 4) is 0 Å². The highest BCUT2D eigenvalue weighted by atomic mass is 35.5. The van der Waals surface area contributed by atoms with E-state index in [1.807, 2.05) is 0 Å². The van der Waals surface area contributed by atoms with Crippen molar-refractivity contribution < 1.29 is 17.6 Å². The van der Waals surface area contributed by atoms with Gasteiger partial charge in [0.25, 0.3) is 0 Å². The van der Waals surface area contributed by atoms with E-state index >= 15 is 0 Å². The maximum Gasteiger partial charge on any atom is 0.241 e. The fourth-order valence-electron chi connectivity index (χ4n) is 2.26. The Balaban J connectivity index is 0.00000180. The molecule has 1 atom stereocenters. The molecule has 0 heterocycles. The largest absolute Gasteiger partial charge is 0.324 e. The summed E-state index contributed by atoms with van der Waals surface area (Å²) in [7, 11) is 0. The first-order chi connectivity index (χ1) is 8.41. The van der Waals surface area contributed by atoms with Crippen LogP contribution in [0.5, 0.6) is 0 Å². The summed E-state index contributed by atoms with van der Waals surface area (Å²) in [6.07, 6.45) is -1.85. The van der Waals surface area contributed by atoms with E-state index in [1.54, 1.807) is 0 Å². The third-order valence-corrected chi connectivity index (χ3v) is 3.85. The number of alkyl halides is 2. The molecule has 0 bridgehead atoms. The van der Waals surface area contributed by atoms with E-state index in [0.717, 1.165) is 6.07 Å². The van der Waals surface area contributed by atoms with Gasteiger partial charge in [-0.15, -0.1) is 12.4 Å². The first kappa shape index (κ1) is 16.5. The summed E-state index contributed by atoms with van der Waals surface area (Å²) in [4.78, 5) is 0. The zero-order valence-corrected chi connectivity index (χ0v) is 11.3. The average Bonchev–Trinajstić information content (AvgIpc) is 2.23. The van der Waals surface area contributed by atoms with Gasteiger partial charge in [0, 0.05) is 17.5 Å². The lowest BCUT2D eigenvalue weighted by atomic mass is 9.70. The third-order valence-electron chi connectivity index (χ3n) is 3.50. The standard InChI is InChI=1S/C12H12ClF4N.ClH/c13-9-8(14)2-1-7(10(9)15)11(18)5-3-6(4-5)12(16)17;/h1-2,5-6,11-12H,3-4,18H2;1H/t5-,6-,11?;. The summed E-state index contributed by atoms with van der Waals surface area (Å²) in [5, 5.41) is -0.604. The summed E-state index contributed by atoms with van der Waals surface area (Å²) in [5.41, 5.74) is 5.90. The zero-order valence-electron chi connectivity index (χ0n) is 9.75. The Kier molecular flexibility index (Phi) is 5.47. The van der Waals surface area contributed by atoms with Gasteiger partial charge in [-0.25, -0.2) is 17.6 Å². The van der Waals surface area contributed by atoms with Crippen LogP contribution in [-0.4, -0.2) is 6.43 Å². The van der Waals surface area contributed by atoms with Gasteiger partial charge in [0.1, 0.15) is 16.7 Å². The minimum absolute atomic E-state index is 0. The first-order valence-corrected chi connectivity index (χ1v) is 5.96. The van der Waals surface area contributed by atoms with Gasteiger partial charge >= 0.3 is 0 Å². The molecule has 0 aromatic heterocycles. The lowest BCUT2D eigenvalue weighted by Crippen LogP contribution is -2.37. The van der Waals surface area contributed by atoms with Crippen LogP contribution in [0.15, 0.2) is 12.1 Å². The molecule has 108 valence electrons. The number of hydrogen-bond donors (Lipinski definition) is 1. The van der Waals surface area contributed by atoms with Crippen molar-refractivity contribution in [2.75, 3.05) is 0 Å². The van der Waals surface area contributed by atoms with Gasteiger partial charge in [-0.05, 0) is 24.8 Å². The van der Waals surface area contributed by atoms with Crippen molar-refractivity contribution in [2.45, 2.75) is 25.3 Å². The van der Waals surface area contributed by atoms with Crippen molar-refractivity contribution in [3.05, 3.63) is 34.4 Å². The molecule has 1 fully saturated rings.